The molecule has 0 saturated carbocycles. The number of hydrogen-bond acceptors (Lipinski definition) is 4. The van der Waals surface area contributed by atoms with Gasteiger partial charge in [-0.15, -0.1) is 0 Å². The van der Waals surface area contributed by atoms with Gasteiger partial charge in [-0.3, -0.25) is 4.79 Å². The highest BCUT2D eigenvalue weighted by molar-refractivity contribution is 8.00. The molecule has 0 heterocycles. The maximum Gasteiger partial charge on any atom is 0.441 e. The Balaban J connectivity index is 4.01. The highest BCUT2D eigenvalue weighted by atomic mass is 32.2. The van der Waals surface area contributed by atoms with Gasteiger partial charge in [0.2, 0.25) is 5.91 Å². The summed E-state index contributed by atoms with van der Waals surface area (Å²) in [7, 11) is 0. The molecule has 5 N–H and O–H groups in total. The zero-order valence-electron chi connectivity index (χ0n) is 10.2. The van der Waals surface area contributed by atoms with E-state index in [9.17, 15) is 27.6 Å². The van der Waals surface area contributed by atoms with Crippen LogP contribution in [0.5, 0.6) is 0 Å². The highest BCUT2D eigenvalue weighted by Gasteiger charge is 2.27. The fraction of sp³-hybridized carbons (Fsp3) is 0.667. The van der Waals surface area contributed by atoms with Crippen LogP contribution in [0.25, 0.3) is 0 Å². The minimum absolute atomic E-state index is 0.199. The first-order valence-corrected chi connectivity index (χ1v) is 6.36. The monoisotopic (exact) mass is 317 g/mol. The molecule has 0 rings (SSSR count). The van der Waals surface area contributed by atoms with Crippen LogP contribution >= 0.6 is 11.8 Å². The van der Waals surface area contributed by atoms with Crippen molar-refractivity contribution in [3.63, 3.8) is 0 Å². The van der Waals surface area contributed by atoms with Gasteiger partial charge in [-0.2, -0.15) is 13.2 Å². The molecule has 0 spiro atoms. The van der Waals surface area contributed by atoms with Crippen molar-refractivity contribution < 1.29 is 32.7 Å². The maximum atomic E-state index is 11.8. The fourth-order valence-electron chi connectivity index (χ4n) is 1.08. The summed E-state index contributed by atoms with van der Waals surface area (Å²) in [4.78, 5) is 32.5. The molecule has 7 nitrogen and oxygen atoms in total. The number of carboxylic acids is 1. The van der Waals surface area contributed by atoms with Crippen LogP contribution in [0.3, 0.4) is 0 Å². The summed E-state index contributed by atoms with van der Waals surface area (Å²) in [6.07, 6.45) is -0.434. The number of hydrogen-bond donors (Lipinski definition) is 4. The van der Waals surface area contributed by atoms with Gasteiger partial charge in [-0.1, -0.05) is 0 Å². The molecular formula is C9H14F3N3O4S. The molecule has 0 aliphatic heterocycles. The number of primary amides is 1. The number of nitrogens with two attached hydrogens (primary N) is 1. The Kier molecular flexibility index (Phi) is 7.80. The predicted molar refractivity (Wildman–Crippen MR) is 64.9 cm³/mol. The minimum Gasteiger partial charge on any atom is -0.480 e. The molecule has 1 atom stereocenters. The number of carbonyl (C=O) groups is 3. The number of carbonyl (C=O) groups excluding carboxylic acids is 2. The van der Waals surface area contributed by atoms with Crippen LogP contribution in [0, 0.1) is 0 Å². The first kappa shape index (κ1) is 18.4. The summed E-state index contributed by atoms with van der Waals surface area (Å²) in [5.74, 6) is -2.48. The average Bonchev–Trinajstić information content (AvgIpc) is 2.28. The summed E-state index contributed by atoms with van der Waals surface area (Å²) in [5.41, 5.74) is 0.456. The summed E-state index contributed by atoms with van der Waals surface area (Å²) < 4.78 is 35.4. The predicted octanol–water partition coefficient (Wildman–Crippen LogP) is 0.257. The van der Waals surface area contributed by atoms with E-state index in [1.165, 1.54) is 0 Å². The van der Waals surface area contributed by atoms with Gasteiger partial charge >= 0.3 is 17.5 Å². The van der Waals surface area contributed by atoms with Crippen LogP contribution in [0.1, 0.15) is 12.8 Å². The molecule has 0 fully saturated rings. The number of thioether (sulfide) groups is 1. The first-order chi connectivity index (χ1) is 9.11. The number of nitrogens with one attached hydrogen (secondary N) is 2. The van der Waals surface area contributed by atoms with Gasteiger partial charge < -0.3 is 21.5 Å². The van der Waals surface area contributed by atoms with E-state index in [4.69, 9.17) is 10.8 Å². The van der Waals surface area contributed by atoms with E-state index in [0.29, 0.717) is 0 Å². The van der Waals surface area contributed by atoms with Crippen molar-refractivity contribution in [1.82, 2.24) is 10.6 Å². The fourth-order valence-corrected chi connectivity index (χ4v) is 1.52. The Hall–Kier alpha value is -1.65. The summed E-state index contributed by atoms with van der Waals surface area (Å²) in [6, 6.07) is -2.26. The van der Waals surface area contributed by atoms with Crippen LogP contribution < -0.4 is 16.4 Å². The Bertz CT molecular complexity index is 365. The van der Waals surface area contributed by atoms with Crippen molar-refractivity contribution >= 4 is 29.7 Å². The molecule has 0 saturated heterocycles. The topological polar surface area (TPSA) is 122 Å². The molecule has 0 aromatic carbocycles. The van der Waals surface area contributed by atoms with Crippen molar-refractivity contribution in [2.24, 2.45) is 5.73 Å². The molecular weight excluding hydrogens is 303 g/mol. The van der Waals surface area contributed by atoms with Gasteiger partial charge in [0.25, 0.3) is 0 Å². The minimum atomic E-state index is -4.39. The van der Waals surface area contributed by atoms with Gasteiger partial charge in [0.15, 0.2) is 0 Å². The van der Waals surface area contributed by atoms with Gasteiger partial charge in [-0.25, -0.2) is 9.59 Å². The lowest BCUT2D eigenvalue weighted by Crippen LogP contribution is -2.46. The van der Waals surface area contributed by atoms with Crippen molar-refractivity contribution in [3.05, 3.63) is 0 Å². The highest BCUT2D eigenvalue weighted by Crippen LogP contribution is 2.29. The second-order valence-electron chi connectivity index (χ2n) is 3.59. The molecule has 11 heteroatoms. The summed E-state index contributed by atoms with van der Waals surface area (Å²) in [6.45, 7) is -0.280. The van der Waals surface area contributed by atoms with Gasteiger partial charge in [-0.05, 0) is 18.2 Å². The second kappa shape index (κ2) is 8.51. The Labute approximate surface area is 116 Å². The number of halogens is 3. The van der Waals surface area contributed by atoms with E-state index < -0.39 is 35.2 Å². The summed E-state index contributed by atoms with van der Waals surface area (Å²) >= 11 is -0.305. The number of rotatable bonds is 8. The molecule has 0 aliphatic carbocycles. The van der Waals surface area contributed by atoms with Gasteiger partial charge in [0.05, 0.1) is 0 Å². The molecule has 1 unspecified atom stereocenters. The third kappa shape index (κ3) is 10.3. The normalized spacial score (nSPS) is 12.6. The zero-order valence-corrected chi connectivity index (χ0v) is 11.0. The molecule has 0 radical (unpaired) electrons. The Morgan fingerprint density at radius 3 is 2.35 bits per heavy atom. The third-order valence-corrected chi connectivity index (χ3v) is 2.67. The molecule has 3 amide bonds. The third-order valence-electron chi connectivity index (χ3n) is 1.94. The van der Waals surface area contributed by atoms with E-state index in [2.05, 4.69) is 5.32 Å². The number of alkyl halides is 3. The molecule has 0 aromatic heterocycles. The average molecular weight is 317 g/mol. The first-order valence-electron chi connectivity index (χ1n) is 5.38. The van der Waals surface area contributed by atoms with Crippen molar-refractivity contribution in [2.45, 2.75) is 24.4 Å². The van der Waals surface area contributed by atoms with Crippen LogP contribution in [-0.2, 0) is 9.59 Å². The van der Waals surface area contributed by atoms with Crippen LogP contribution in [0.15, 0.2) is 0 Å². The zero-order chi connectivity index (χ0) is 15.8. The standard InChI is InChI=1S/C9H14F3N3O4S/c10-9(11,12)20-4-3-14-8(19)15-5(7(17)18)1-2-6(13)16/h5H,1-4H2,(H2,13,16)(H,17,18)(H2,14,15,19). The van der Waals surface area contributed by atoms with Crippen molar-refractivity contribution in [1.29, 1.82) is 0 Å². The summed E-state index contributed by atoms with van der Waals surface area (Å²) in [5, 5.41) is 12.9. The van der Waals surface area contributed by atoms with Crippen LogP contribution in [0.2, 0.25) is 0 Å². The van der Waals surface area contributed by atoms with Crippen molar-refractivity contribution in [3.8, 4) is 0 Å². The quantitative estimate of drug-likeness (QED) is 0.478. The van der Waals surface area contributed by atoms with E-state index in [1.54, 1.807) is 0 Å². The van der Waals surface area contributed by atoms with E-state index in [-0.39, 0.29) is 31.1 Å². The number of carboxylic acid groups (broad SMARTS) is 1. The molecule has 20 heavy (non-hydrogen) atoms. The van der Waals surface area contributed by atoms with Crippen LogP contribution in [-0.4, -0.2) is 46.9 Å². The maximum absolute atomic E-state index is 11.8. The number of aliphatic carboxylic acids is 1. The number of urea groups is 1. The lowest BCUT2D eigenvalue weighted by atomic mass is 10.1. The van der Waals surface area contributed by atoms with Crippen molar-refractivity contribution in [2.75, 3.05) is 12.3 Å². The molecule has 0 bridgehead atoms. The van der Waals surface area contributed by atoms with E-state index >= 15 is 0 Å². The smallest absolute Gasteiger partial charge is 0.441 e. The Morgan fingerprint density at radius 2 is 1.90 bits per heavy atom. The lowest BCUT2D eigenvalue weighted by molar-refractivity contribution is -0.139. The number of amides is 3. The molecule has 116 valence electrons. The Morgan fingerprint density at radius 1 is 1.30 bits per heavy atom. The largest absolute Gasteiger partial charge is 0.480 e. The van der Waals surface area contributed by atoms with Gasteiger partial charge in [0.1, 0.15) is 6.04 Å². The molecule has 0 aliphatic rings. The molecule has 0 aromatic rings. The SMILES string of the molecule is NC(=O)CCC(NC(=O)NCCSC(F)(F)F)C(=O)O. The van der Waals surface area contributed by atoms with Crippen LogP contribution in [0.4, 0.5) is 18.0 Å². The van der Waals surface area contributed by atoms with Gasteiger partial charge in [0, 0.05) is 18.7 Å². The van der Waals surface area contributed by atoms with E-state index in [0.717, 1.165) is 0 Å². The van der Waals surface area contributed by atoms with E-state index in [1.807, 2.05) is 5.32 Å². The second-order valence-corrected chi connectivity index (χ2v) is 4.75. The lowest BCUT2D eigenvalue weighted by Gasteiger charge is -2.14.